The lowest BCUT2D eigenvalue weighted by atomic mass is 9.99. The first kappa shape index (κ1) is 20.3. The fourth-order valence-electron chi connectivity index (χ4n) is 2.55. The fraction of sp³-hybridized carbons (Fsp3) is 0.211. The normalized spacial score (nSPS) is 12.8. The summed E-state index contributed by atoms with van der Waals surface area (Å²) in [6.07, 6.45) is 1.18. The number of amides is 1. The van der Waals surface area contributed by atoms with E-state index in [4.69, 9.17) is 4.74 Å². The smallest absolute Gasteiger partial charge is 0.412 e. The number of nitrogens with zero attached hydrogens (tertiary/aromatic N) is 1. The van der Waals surface area contributed by atoms with Gasteiger partial charge in [-0.1, -0.05) is 18.2 Å². The summed E-state index contributed by atoms with van der Waals surface area (Å²) in [7, 11) is 1.17. The second-order valence-electron chi connectivity index (χ2n) is 5.85. The Morgan fingerprint density at radius 2 is 1.97 bits per heavy atom. The maximum atomic E-state index is 12.6. The molecule has 1 aliphatic carbocycles. The van der Waals surface area contributed by atoms with Gasteiger partial charge in [-0.2, -0.15) is 5.10 Å². The molecule has 150 valence electrons. The van der Waals surface area contributed by atoms with Crippen molar-refractivity contribution in [1.29, 1.82) is 0 Å². The third kappa shape index (κ3) is 4.72. The van der Waals surface area contributed by atoms with E-state index in [1.807, 2.05) is 6.07 Å². The van der Waals surface area contributed by atoms with Crippen molar-refractivity contribution in [2.45, 2.75) is 6.42 Å². The van der Waals surface area contributed by atoms with Crippen LogP contribution in [-0.2, 0) is 4.74 Å². The molecular weight excluding hydrogens is 398 g/mol. The number of para-hydroxylation sites is 1. The molecule has 0 aliphatic heterocycles. The first-order valence-electron chi connectivity index (χ1n) is 8.62. The van der Waals surface area contributed by atoms with Crippen LogP contribution in [0.25, 0.3) is 0 Å². The van der Waals surface area contributed by atoms with Crippen molar-refractivity contribution in [3.8, 4) is 5.75 Å². The monoisotopic (exact) mass is 415 g/mol. The number of esters is 1. The Hall–Kier alpha value is -3.40. The van der Waals surface area contributed by atoms with Gasteiger partial charge in [0.05, 0.1) is 17.6 Å². The number of H-pyrrole nitrogens is 1. The maximum absolute atomic E-state index is 12.6. The van der Waals surface area contributed by atoms with Crippen molar-refractivity contribution >= 4 is 35.4 Å². The Kier molecular flexibility index (Phi) is 6.45. The summed E-state index contributed by atoms with van der Waals surface area (Å²) in [6.45, 7) is 0.332. The zero-order chi connectivity index (χ0) is 20.8. The number of hydrogen-bond donors (Lipinski definition) is 2. The van der Waals surface area contributed by atoms with Crippen LogP contribution in [0.2, 0.25) is 0 Å². The molecule has 0 unspecified atom stereocenters. The molecule has 0 bridgehead atoms. The number of hydrogen-bond acceptors (Lipinski definition) is 8. The van der Waals surface area contributed by atoms with E-state index < -0.39 is 23.6 Å². The average Bonchev–Trinajstić information content (AvgIpc) is 3.17. The van der Waals surface area contributed by atoms with Crippen LogP contribution in [0.5, 0.6) is 5.75 Å². The number of fused-ring (bicyclic) bond motifs is 1. The minimum absolute atomic E-state index is 0.0231. The zero-order valence-electron chi connectivity index (χ0n) is 15.4. The number of carbonyl (C=O) groups is 4. The summed E-state index contributed by atoms with van der Waals surface area (Å²) in [6, 6.07) is 8.66. The molecule has 9 nitrogen and oxygen atoms in total. The number of rotatable bonds is 7. The van der Waals surface area contributed by atoms with Crippen molar-refractivity contribution in [3.63, 3.8) is 0 Å². The van der Waals surface area contributed by atoms with Crippen molar-refractivity contribution in [3.05, 3.63) is 58.3 Å². The number of aromatic amines is 1. The van der Waals surface area contributed by atoms with E-state index in [1.54, 1.807) is 24.3 Å². The first-order valence-corrected chi connectivity index (χ1v) is 9.60. The average molecular weight is 415 g/mol. The number of ether oxygens (including phenoxy) is 2. The van der Waals surface area contributed by atoms with Gasteiger partial charge in [-0.25, -0.2) is 9.59 Å². The summed E-state index contributed by atoms with van der Waals surface area (Å²) >= 11 is 1.16. The van der Waals surface area contributed by atoms with E-state index in [0.717, 1.165) is 11.8 Å². The number of Topliss-reactive ketones (excluding diaryl/α,β-unsaturated/α-hetero) is 1. The Bertz CT molecular complexity index is 983. The number of benzene rings is 1. The lowest BCUT2D eigenvalue weighted by molar-refractivity contribution is 0.0591. The van der Waals surface area contributed by atoms with E-state index >= 15 is 0 Å². The molecule has 10 heteroatoms. The number of allylic oxidation sites excluding steroid dienone is 2. The number of nitrogens with one attached hydrogen (secondary N) is 2. The van der Waals surface area contributed by atoms with Gasteiger partial charge >= 0.3 is 12.1 Å². The molecule has 0 atom stereocenters. The SMILES string of the molecule is COC(=O)c1n[nH]c2c1C(=O)C(SCCCNC(=O)Oc1ccccc1)=CC2=O. The second-order valence-corrected chi connectivity index (χ2v) is 6.98. The van der Waals surface area contributed by atoms with Crippen LogP contribution >= 0.6 is 11.8 Å². The Morgan fingerprint density at radius 3 is 2.69 bits per heavy atom. The van der Waals surface area contributed by atoms with Crippen LogP contribution in [0.1, 0.15) is 37.8 Å². The van der Waals surface area contributed by atoms with Gasteiger partial charge in [-0.3, -0.25) is 14.7 Å². The summed E-state index contributed by atoms with van der Waals surface area (Å²) in [5, 5.41) is 8.75. The minimum atomic E-state index is -0.795. The number of methoxy groups -OCH3 is 1. The van der Waals surface area contributed by atoms with Gasteiger partial charge < -0.3 is 14.8 Å². The number of ketones is 2. The molecule has 29 heavy (non-hydrogen) atoms. The molecule has 1 aliphatic rings. The second kappa shape index (κ2) is 9.20. The molecule has 2 N–H and O–H groups in total. The van der Waals surface area contributed by atoms with E-state index in [-0.39, 0.29) is 21.9 Å². The van der Waals surface area contributed by atoms with Gasteiger partial charge in [0.1, 0.15) is 11.4 Å². The van der Waals surface area contributed by atoms with Gasteiger partial charge in [0.25, 0.3) is 0 Å². The number of aromatic nitrogens is 2. The van der Waals surface area contributed by atoms with Gasteiger partial charge in [-0.05, 0) is 24.3 Å². The van der Waals surface area contributed by atoms with Crippen molar-refractivity contribution in [2.24, 2.45) is 0 Å². The third-order valence-electron chi connectivity index (χ3n) is 3.91. The summed E-state index contributed by atoms with van der Waals surface area (Å²) in [5.74, 6) is -0.786. The van der Waals surface area contributed by atoms with Crippen LogP contribution in [0, 0.1) is 0 Å². The molecule has 0 saturated heterocycles. The Morgan fingerprint density at radius 1 is 1.21 bits per heavy atom. The standard InChI is InChI=1S/C19H17N3O6S/c1-27-18(25)16-14-15(21-22-16)12(23)10-13(17(14)24)29-9-5-8-20-19(26)28-11-6-3-2-4-7-11/h2-4,6-7,10H,5,8-9H2,1H3,(H,20,26)(H,21,22). The molecule has 0 saturated carbocycles. The Balaban J connectivity index is 1.49. The predicted molar refractivity (Wildman–Crippen MR) is 104 cm³/mol. The van der Waals surface area contributed by atoms with Crippen molar-refractivity contribution in [2.75, 3.05) is 19.4 Å². The van der Waals surface area contributed by atoms with Gasteiger partial charge in [0.15, 0.2) is 5.69 Å². The highest BCUT2D eigenvalue weighted by atomic mass is 32.2. The van der Waals surface area contributed by atoms with E-state index in [1.165, 1.54) is 13.2 Å². The molecule has 3 rings (SSSR count). The Labute approximate surface area is 169 Å². The van der Waals surface area contributed by atoms with Crippen molar-refractivity contribution in [1.82, 2.24) is 15.5 Å². The van der Waals surface area contributed by atoms with Gasteiger partial charge in [0, 0.05) is 12.6 Å². The lowest BCUT2D eigenvalue weighted by Gasteiger charge is -2.12. The highest BCUT2D eigenvalue weighted by molar-refractivity contribution is 8.04. The summed E-state index contributed by atoms with van der Waals surface area (Å²) in [5.41, 5.74) is -0.307. The topological polar surface area (TPSA) is 127 Å². The molecule has 1 heterocycles. The fourth-order valence-corrected chi connectivity index (χ4v) is 3.48. The molecule has 1 aromatic carbocycles. The van der Waals surface area contributed by atoms with Crippen LogP contribution in [0.15, 0.2) is 41.3 Å². The molecule has 0 radical (unpaired) electrons. The first-order chi connectivity index (χ1) is 14.0. The molecular formula is C19H17N3O6S. The van der Waals surface area contributed by atoms with Crippen LogP contribution < -0.4 is 10.1 Å². The quantitative estimate of drug-likeness (QED) is 0.521. The summed E-state index contributed by atoms with van der Waals surface area (Å²) in [4.78, 5) is 48.5. The van der Waals surface area contributed by atoms with Gasteiger partial charge in [0.2, 0.25) is 11.6 Å². The molecule has 1 aromatic heterocycles. The molecule has 2 aromatic rings. The van der Waals surface area contributed by atoms with Crippen LogP contribution in [-0.4, -0.2) is 53.2 Å². The van der Waals surface area contributed by atoms with Crippen molar-refractivity contribution < 1.29 is 28.7 Å². The largest absolute Gasteiger partial charge is 0.464 e. The van der Waals surface area contributed by atoms with E-state index in [0.29, 0.717) is 24.5 Å². The highest BCUT2D eigenvalue weighted by Crippen LogP contribution is 2.29. The number of carbonyl (C=O) groups excluding carboxylic acids is 4. The molecule has 1 amide bonds. The zero-order valence-corrected chi connectivity index (χ0v) is 16.2. The third-order valence-corrected chi connectivity index (χ3v) is 5.01. The van der Waals surface area contributed by atoms with Crippen LogP contribution in [0.4, 0.5) is 4.79 Å². The van der Waals surface area contributed by atoms with Gasteiger partial charge in [-0.15, -0.1) is 11.8 Å². The van der Waals surface area contributed by atoms with E-state index in [9.17, 15) is 19.2 Å². The molecule has 0 fully saturated rings. The maximum Gasteiger partial charge on any atom is 0.412 e. The minimum Gasteiger partial charge on any atom is -0.464 e. The van der Waals surface area contributed by atoms with E-state index in [2.05, 4.69) is 20.3 Å². The summed E-state index contributed by atoms with van der Waals surface area (Å²) < 4.78 is 9.69. The predicted octanol–water partition coefficient (Wildman–Crippen LogP) is 2.37. The lowest BCUT2D eigenvalue weighted by Crippen LogP contribution is -2.28. The molecule has 0 spiro atoms. The number of thioether (sulfide) groups is 1. The van der Waals surface area contributed by atoms with Crippen LogP contribution in [0.3, 0.4) is 0 Å². The highest BCUT2D eigenvalue weighted by Gasteiger charge is 2.34.